The van der Waals surface area contributed by atoms with Gasteiger partial charge < -0.3 is 9.64 Å². The van der Waals surface area contributed by atoms with Gasteiger partial charge in [-0.15, -0.1) is 0 Å². The van der Waals surface area contributed by atoms with Gasteiger partial charge in [0.2, 0.25) is 10.0 Å². The lowest BCUT2D eigenvalue weighted by atomic mass is 10.1. The molecule has 0 unspecified atom stereocenters. The summed E-state index contributed by atoms with van der Waals surface area (Å²) in [6.07, 6.45) is 0. The second-order valence-electron chi connectivity index (χ2n) is 7.84. The van der Waals surface area contributed by atoms with Crippen LogP contribution in [0.1, 0.15) is 15.9 Å². The minimum Gasteiger partial charge on any atom is -0.379 e. The quantitative estimate of drug-likeness (QED) is 0.634. The van der Waals surface area contributed by atoms with E-state index in [1.807, 2.05) is 18.2 Å². The molecule has 0 aromatic heterocycles. The molecule has 2 saturated heterocycles. The van der Waals surface area contributed by atoms with Crippen molar-refractivity contribution in [3.63, 3.8) is 0 Å². The van der Waals surface area contributed by atoms with Gasteiger partial charge in [0.25, 0.3) is 5.91 Å². The Hall–Kier alpha value is -1.68. The van der Waals surface area contributed by atoms with E-state index in [9.17, 15) is 13.2 Å². The number of piperazine rings is 1. The number of ether oxygens (including phenoxy) is 1. The minimum atomic E-state index is -3.84. The van der Waals surface area contributed by atoms with Gasteiger partial charge in [0.15, 0.2) is 0 Å². The van der Waals surface area contributed by atoms with Crippen molar-refractivity contribution in [1.29, 1.82) is 0 Å². The molecule has 0 bridgehead atoms. The number of hydrogen-bond acceptors (Lipinski definition) is 5. The Balaban J connectivity index is 1.41. The minimum absolute atomic E-state index is 0.0843. The Kier molecular flexibility index (Phi) is 7.39. The van der Waals surface area contributed by atoms with E-state index in [2.05, 4.69) is 4.90 Å². The summed E-state index contributed by atoms with van der Waals surface area (Å²) in [5.41, 5.74) is 1.69. The summed E-state index contributed by atoms with van der Waals surface area (Å²) in [6, 6.07) is 12.2. The molecule has 2 aromatic rings. The van der Waals surface area contributed by atoms with Crippen molar-refractivity contribution < 1.29 is 17.9 Å². The number of halogens is 2. The maximum atomic E-state index is 13.1. The predicted molar refractivity (Wildman–Crippen MR) is 124 cm³/mol. The number of nitrogens with zero attached hydrogens (tertiary/aromatic N) is 3. The van der Waals surface area contributed by atoms with E-state index in [1.165, 1.54) is 16.4 Å². The summed E-state index contributed by atoms with van der Waals surface area (Å²) >= 11 is 12.2. The van der Waals surface area contributed by atoms with E-state index in [4.69, 9.17) is 27.9 Å². The molecule has 172 valence electrons. The molecule has 0 N–H and O–H groups in total. The second-order valence-corrected chi connectivity index (χ2v) is 10.5. The van der Waals surface area contributed by atoms with E-state index in [0.29, 0.717) is 18.7 Å². The number of benzene rings is 2. The van der Waals surface area contributed by atoms with Gasteiger partial charge in [-0.2, -0.15) is 4.31 Å². The first-order valence-electron chi connectivity index (χ1n) is 10.5. The molecule has 2 aromatic carbocycles. The Labute approximate surface area is 198 Å². The largest absolute Gasteiger partial charge is 0.379 e. The zero-order valence-electron chi connectivity index (χ0n) is 17.5. The van der Waals surface area contributed by atoms with Crippen LogP contribution in [0, 0.1) is 0 Å². The van der Waals surface area contributed by atoms with Crippen molar-refractivity contribution in [2.24, 2.45) is 0 Å². The van der Waals surface area contributed by atoms with Crippen LogP contribution in [0.15, 0.2) is 47.4 Å². The number of carbonyl (C=O) groups excluding carboxylic acids is 1. The third-order valence-electron chi connectivity index (χ3n) is 5.73. The van der Waals surface area contributed by atoms with Crippen LogP contribution >= 0.6 is 23.2 Å². The highest BCUT2D eigenvalue weighted by Crippen LogP contribution is 2.32. The SMILES string of the molecule is O=C(c1cccc(CN2CCOCC2)c1)N1CCN(S(=O)(=O)c2c(Cl)cccc2Cl)CC1. The molecule has 0 aliphatic carbocycles. The van der Waals surface area contributed by atoms with Crippen LogP contribution in [0.3, 0.4) is 0 Å². The topological polar surface area (TPSA) is 70.2 Å². The van der Waals surface area contributed by atoms with E-state index in [1.54, 1.807) is 17.0 Å². The van der Waals surface area contributed by atoms with Crippen LogP contribution in [0.5, 0.6) is 0 Å². The lowest BCUT2D eigenvalue weighted by molar-refractivity contribution is 0.0341. The molecule has 4 rings (SSSR count). The van der Waals surface area contributed by atoms with Crippen molar-refractivity contribution in [2.45, 2.75) is 11.4 Å². The lowest BCUT2D eigenvalue weighted by Gasteiger charge is -2.34. The highest BCUT2D eigenvalue weighted by molar-refractivity contribution is 7.89. The molecule has 2 aliphatic heterocycles. The molecule has 2 heterocycles. The summed E-state index contributed by atoms with van der Waals surface area (Å²) in [5, 5.41) is 0.182. The maximum absolute atomic E-state index is 13.1. The second kappa shape index (κ2) is 10.1. The number of hydrogen-bond donors (Lipinski definition) is 0. The van der Waals surface area contributed by atoms with E-state index in [0.717, 1.165) is 38.4 Å². The van der Waals surface area contributed by atoms with Crippen molar-refractivity contribution in [2.75, 3.05) is 52.5 Å². The molecule has 7 nitrogen and oxygen atoms in total. The van der Waals surface area contributed by atoms with E-state index < -0.39 is 10.0 Å². The summed E-state index contributed by atoms with van der Waals surface area (Å²) in [4.78, 5) is 17.0. The zero-order chi connectivity index (χ0) is 22.7. The molecule has 2 fully saturated rings. The third kappa shape index (κ3) is 5.11. The number of morpholine rings is 1. The van der Waals surface area contributed by atoms with Crippen molar-refractivity contribution in [1.82, 2.24) is 14.1 Å². The fourth-order valence-electron chi connectivity index (χ4n) is 3.99. The molecule has 10 heteroatoms. The van der Waals surface area contributed by atoms with Gasteiger partial charge in [-0.05, 0) is 29.8 Å². The van der Waals surface area contributed by atoms with Crippen LogP contribution < -0.4 is 0 Å². The highest BCUT2D eigenvalue weighted by Gasteiger charge is 2.33. The number of rotatable bonds is 5. The first kappa shape index (κ1) is 23.5. The predicted octanol–water partition coefficient (Wildman–Crippen LogP) is 2.97. The normalized spacial score (nSPS) is 18.6. The first-order chi connectivity index (χ1) is 15.4. The molecule has 0 saturated carbocycles. The van der Waals surface area contributed by atoms with Crippen LogP contribution in [0.2, 0.25) is 10.0 Å². The fraction of sp³-hybridized carbons (Fsp3) is 0.409. The van der Waals surface area contributed by atoms with Crippen molar-refractivity contribution >= 4 is 39.1 Å². The number of sulfonamides is 1. The fourth-order valence-corrected chi connectivity index (χ4v) is 6.51. The van der Waals surface area contributed by atoms with Gasteiger partial charge >= 0.3 is 0 Å². The lowest BCUT2D eigenvalue weighted by Crippen LogP contribution is -2.50. The van der Waals surface area contributed by atoms with Gasteiger partial charge in [0.1, 0.15) is 4.90 Å². The molecule has 0 radical (unpaired) electrons. The van der Waals surface area contributed by atoms with Gasteiger partial charge in [0.05, 0.1) is 23.3 Å². The average molecular weight is 498 g/mol. The van der Waals surface area contributed by atoms with E-state index in [-0.39, 0.29) is 33.9 Å². The summed E-state index contributed by atoms with van der Waals surface area (Å²) in [5.74, 6) is -0.0957. The molecule has 0 spiro atoms. The Bertz CT molecular complexity index is 1060. The molecule has 1 amide bonds. The van der Waals surface area contributed by atoms with Gasteiger partial charge in [-0.25, -0.2) is 8.42 Å². The van der Waals surface area contributed by atoms with Crippen LogP contribution in [-0.2, 0) is 21.3 Å². The monoisotopic (exact) mass is 497 g/mol. The smallest absolute Gasteiger partial charge is 0.253 e. The molecular weight excluding hydrogens is 473 g/mol. The van der Waals surface area contributed by atoms with Gasteiger partial charge in [-0.3, -0.25) is 9.69 Å². The first-order valence-corrected chi connectivity index (χ1v) is 12.7. The van der Waals surface area contributed by atoms with Crippen LogP contribution in [0.25, 0.3) is 0 Å². The highest BCUT2D eigenvalue weighted by atomic mass is 35.5. The molecular formula is C22H25Cl2N3O4S. The summed E-state index contributed by atoms with van der Waals surface area (Å²) in [6.45, 7) is 4.95. The standard InChI is InChI=1S/C22H25Cl2N3O4S/c23-19-5-2-6-20(24)21(19)32(29,30)27-9-7-26(8-10-27)22(28)18-4-1-3-17(15-18)16-25-11-13-31-14-12-25/h1-6,15H,7-14,16H2. The van der Waals surface area contributed by atoms with Crippen LogP contribution in [0.4, 0.5) is 0 Å². The molecule has 32 heavy (non-hydrogen) atoms. The van der Waals surface area contributed by atoms with Crippen LogP contribution in [-0.4, -0.2) is 80.9 Å². The van der Waals surface area contributed by atoms with E-state index >= 15 is 0 Å². The Morgan fingerprint density at radius 1 is 0.906 bits per heavy atom. The molecule has 0 atom stereocenters. The van der Waals surface area contributed by atoms with Crippen molar-refractivity contribution in [3.05, 3.63) is 63.6 Å². The molecule has 2 aliphatic rings. The number of carbonyl (C=O) groups is 1. The van der Waals surface area contributed by atoms with Gasteiger partial charge in [-0.1, -0.05) is 41.4 Å². The van der Waals surface area contributed by atoms with Crippen molar-refractivity contribution in [3.8, 4) is 0 Å². The average Bonchev–Trinajstić information content (AvgIpc) is 2.79. The zero-order valence-corrected chi connectivity index (χ0v) is 19.9. The Morgan fingerprint density at radius 2 is 1.53 bits per heavy atom. The Morgan fingerprint density at radius 3 is 2.19 bits per heavy atom. The third-order valence-corrected chi connectivity index (χ3v) is 8.58. The summed E-state index contributed by atoms with van der Waals surface area (Å²) in [7, 11) is -3.84. The number of amides is 1. The maximum Gasteiger partial charge on any atom is 0.253 e. The summed E-state index contributed by atoms with van der Waals surface area (Å²) < 4.78 is 32.8. The van der Waals surface area contributed by atoms with Gasteiger partial charge in [0, 0.05) is 51.4 Å².